The molecule has 0 aromatic carbocycles. The van der Waals surface area contributed by atoms with Crippen molar-refractivity contribution in [3.05, 3.63) is 39.2 Å². The lowest BCUT2D eigenvalue weighted by molar-refractivity contribution is -0.121. The molecule has 3 fully saturated rings. The Labute approximate surface area is 315 Å². The molecule has 1 amide bonds. The maximum atomic E-state index is 13.5. The second-order valence-electron chi connectivity index (χ2n) is 14.3. The Morgan fingerprint density at radius 1 is 0.875 bits per heavy atom. The van der Waals surface area contributed by atoms with Crippen LogP contribution in [0.25, 0.3) is 22.3 Å². The van der Waals surface area contributed by atoms with Gasteiger partial charge in [-0.15, -0.1) is 0 Å². The van der Waals surface area contributed by atoms with Crippen LogP contribution in [0.15, 0.2) is 22.2 Å². The lowest BCUT2D eigenvalue weighted by Gasteiger charge is -2.28. The molecule has 10 atom stereocenters. The van der Waals surface area contributed by atoms with Crippen molar-refractivity contribution < 1.29 is 56.1 Å². The van der Waals surface area contributed by atoms with E-state index in [0.717, 1.165) is 0 Å². The maximum absolute atomic E-state index is 13.5. The molecule has 0 bridgehead atoms. The summed E-state index contributed by atoms with van der Waals surface area (Å²) in [4.78, 5) is 94.1. The van der Waals surface area contributed by atoms with Gasteiger partial charge in [-0.2, -0.15) is 4.98 Å². The highest BCUT2D eigenvalue weighted by molar-refractivity contribution is 7.47. The van der Waals surface area contributed by atoms with Crippen molar-refractivity contribution in [2.24, 2.45) is 23.5 Å². The number of amides is 1. The van der Waals surface area contributed by atoms with E-state index in [1.54, 1.807) is 34.6 Å². The van der Waals surface area contributed by atoms with Crippen molar-refractivity contribution in [3.8, 4) is 0 Å². The van der Waals surface area contributed by atoms with Gasteiger partial charge in [-0.25, -0.2) is 24.1 Å². The largest absolute Gasteiger partial charge is 0.472 e. The summed E-state index contributed by atoms with van der Waals surface area (Å²) in [6.07, 6.45) is -5.64. The summed E-state index contributed by atoms with van der Waals surface area (Å²) < 4.78 is 63.5. The van der Waals surface area contributed by atoms with Gasteiger partial charge >= 0.3 is 15.6 Å². The molecule has 7 N–H and O–H groups in total. The molecule has 56 heavy (non-hydrogen) atoms. The zero-order valence-electron chi connectivity index (χ0n) is 30.5. The number of hydrogen-bond donors (Lipinski definition) is 6. The summed E-state index contributed by atoms with van der Waals surface area (Å²) in [5.41, 5.74) is 4.94. The third kappa shape index (κ3) is 7.79. The number of aromatic nitrogens is 8. The molecule has 304 valence electrons. The second-order valence-corrected chi connectivity index (χ2v) is 17.1. The fourth-order valence-corrected chi connectivity index (χ4v) is 8.54. The Hall–Kier alpha value is -4.06. The number of H-pyrrole nitrogens is 2. The molecule has 0 aliphatic carbocycles. The number of ketones is 1. The first-order valence-electron chi connectivity index (χ1n) is 17.5. The van der Waals surface area contributed by atoms with Crippen molar-refractivity contribution in [1.29, 1.82) is 0 Å². The molecule has 4 unspecified atom stereocenters. The zero-order chi connectivity index (χ0) is 40.4. The first kappa shape index (κ1) is 40.1. The third-order valence-electron chi connectivity index (χ3n) is 9.57. The number of phosphoric ester groups is 2. The van der Waals surface area contributed by atoms with Crippen LogP contribution in [-0.4, -0.2) is 104 Å². The van der Waals surface area contributed by atoms with Crippen molar-refractivity contribution in [2.45, 2.75) is 84.0 Å². The first-order chi connectivity index (χ1) is 26.3. The lowest BCUT2D eigenvalue weighted by atomic mass is 10.0. The van der Waals surface area contributed by atoms with Gasteiger partial charge in [0, 0.05) is 17.8 Å². The van der Waals surface area contributed by atoms with Crippen molar-refractivity contribution in [1.82, 2.24) is 39.0 Å². The SMILES string of the molecule is CC(C)C(=O)Cc1nc2c(ncn2[C@@H]2O[C@@H]3COP(=O)(O)O[C@@H]4C(N)[C@H](n5cnc6c(=O)[nH]c(NC(=O)C(C)C)nc65)O[C@@H]4COP(=O)(O)OC3[C@@H]2C)c(=O)[nH]1. The van der Waals surface area contributed by atoms with Gasteiger partial charge in [0.15, 0.2) is 28.6 Å². The second kappa shape index (κ2) is 15.0. The van der Waals surface area contributed by atoms with E-state index >= 15 is 0 Å². The molecule has 0 spiro atoms. The number of phosphoric acid groups is 2. The highest BCUT2D eigenvalue weighted by atomic mass is 31.2. The smallest absolute Gasteiger partial charge is 0.349 e. The molecule has 26 heteroatoms. The van der Waals surface area contributed by atoms with Gasteiger partial charge in [-0.05, 0) is 0 Å². The normalized spacial score (nSPS) is 32.7. The van der Waals surface area contributed by atoms with E-state index in [2.05, 4.69) is 35.2 Å². The molecule has 3 aliphatic heterocycles. The van der Waals surface area contributed by atoms with Crippen molar-refractivity contribution in [2.75, 3.05) is 18.5 Å². The number of imidazole rings is 2. The molecule has 4 aromatic heterocycles. The van der Waals surface area contributed by atoms with E-state index in [4.69, 9.17) is 33.3 Å². The Balaban J connectivity index is 1.15. The van der Waals surface area contributed by atoms with Gasteiger partial charge in [0.25, 0.3) is 11.1 Å². The summed E-state index contributed by atoms with van der Waals surface area (Å²) in [5, 5.41) is 2.49. The molecule has 7 rings (SSSR count). The number of nitrogens with zero attached hydrogens (tertiary/aromatic N) is 6. The van der Waals surface area contributed by atoms with Crippen LogP contribution >= 0.6 is 15.6 Å². The highest BCUT2D eigenvalue weighted by Gasteiger charge is 2.53. The van der Waals surface area contributed by atoms with Gasteiger partial charge in [0.1, 0.15) is 42.3 Å². The van der Waals surface area contributed by atoms with Crippen LogP contribution in [0.5, 0.6) is 0 Å². The molecule has 4 aromatic rings. The highest BCUT2D eigenvalue weighted by Crippen LogP contribution is 2.54. The van der Waals surface area contributed by atoms with Crippen LogP contribution in [-0.2, 0) is 52.7 Å². The number of rotatable bonds is 7. The predicted molar refractivity (Wildman–Crippen MR) is 190 cm³/mol. The lowest BCUT2D eigenvalue weighted by Crippen LogP contribution is -2.42. The third-order valence-corrected chi connectivity index (χ3v) is 11.5. The fourth-order valence-electron chi connectivity index (χ4n) is 6.53. The van der Waals surface area contributed by atoms with E-state index < -0.39 is 101 Å². The van der Waals surface area contributed by atoms with Crippen molar-refractivity contribution >= 4 is 55.6 Å². The molecular weight excluding hydrogens is 786 g/mol. The molecule has 7 heterocycles. The average Bonchev–Trinajstić information content (AvgIpc) is 3.87. The molecule has 24 nitrogen and oxygen atoms in total. The summed E-state index contributed by atoms with van der Waals surface area (Å²) in [7, 11) is -10.0. The van der Waals surface area contributed by atoms with E-state index in [-0.39, 0.29) is 52.2 Å². The summed E-state index contributed by atoms with van der Waals surface area (Å²) >= 11 is 0. The summed E-state index contributed by atoms with van der Waals surface area (Å²) in [6.45, 7) is 6.82. The Kier molecular flexibility index (Phi) is 10.8. The number of carbonyl (C=O) groups excluding carboxylic acids is 2. The van der Waals surface area contributed by atoms with Gasteiger partial charge in [-0.3, -0.25) is 56.7 Å². The number of anilines is 1. The van der Waals surface area contributed by atoms with E-state index in [0.29, 0.717) is 0 Å². The van der Waals surface area contributed by atoms with Crippen LogP contribution in [0, 0.1) is 17.8 Å². The number of aromatic amines is 2. The maximum Gasteiger partial charge on any atom is 0.472 e. The molecular formula is C30H40N10O14P2. The standard InChI is InChI=1S/C30H40N10O14P2/c1-11(2)14(41)6-17-34-23-19(26(43)35-17)32-9-39(23)28-13(5)21-15(51-28)7-49-56(47,48)54-22-16(8-50-55(45,46)53-21)52-29(18(22)31)40-10-33-20-24(40)36-30(38-27(20)44)37-25(42)12(3)4/h9-13,15-16,18,21-22,28-29H,6-8,31H2,1-5H3,(H,45,46)(H,47,48)(H,34,35,43)(H2,36,37,38,42,44)/t13-,15+,16+,18?,21?,22-,28+,29+/m0/s1. The van der Waals surface area contributed by atoms with E-state index in [1.807, 2.05) is 0 Å². The number of ether oxygens (including phenoxy) is 2. The number of hydrogen-bond acceptors (Lipinski definition) is 17. The molecule has 0 saturated carbocycles. The van der Waals surface area contributed by atoms with Gasteiger partial charge < -0.3 is 30.0 Å². The van der Waals surface area contributed by atoms with E-state index in [1.165, 1.54) is 21.8 Å². The minimum atomic E-state index is -5.03. The topological polar surface area (TPSA) is 329 Å². The monoisotopic (exact) mass is 826 g/mol. The van der Waals surface area contributed by atoms with E-state index in [9.17, 15) is 38.1 Å². The Morgan fingerprint density at radius 2 is 1.41 bits per heavy atom. The zero-order valence-corrected chi connectivity index (χ0v) is 32.3. The van der Waals surface area contributed by atoms with Crippen LogP contribution < -0.4 is 22.2 Å². The van der Waals surface area contributed by atoms with Crippen LogP contribution in [0.4, 0.5) is 5.95 Å². The number of nitrogens with one attached hydrogen (secondary N) is 3. The average molecular weight is 827 g/mol. The van der Waals surface area contributed by atoms with Crippen LogP contribution in [0.1, 0.15) is 52.9 Å². The van der Waals surface area contributed by atoms with Crippen LogP contribution in [0.3, 0.4) is 0 Å². The van der Waals surface area contributed by atoms with Crippen molar-refractivity contribution in [3.63, 3.8) is 0 Å². The molecule has 3 aliphatic rings. The quantitative estimate of drug-likeness (QED) is 0.137. The number of fused-ring (bicyclic) bond motifs is 4. The number of Topliss-reactive ketones (excluding diaryl/α,β-unsaturated/α-hetero) is 1. The summed E-state index contributed by atoms with van der Waals surface area (Å²) in [6, 6.07) is -1.33. The minimum absolute atomic E-state index is 0.0468. The van der Waals surface area contributed by atoms with Crippen LogP contribution in [0.2, 0.25) is 0 Å². The predicted octanol–water partition coefficient (Wildman–Crippen LogP) is 0.391. The van der Waals surface area contributed by atoms with Gasteiger partial charge in [0.2, 0.25) is 11.9 Å². The number of carbonyl (C=O) groups is 2. The molecule has 3 saturated heterocycles. The Morgan fingerprint density at radius 3 is 2.02 bits per heavy atom. The minimum Gasteiger partial charge on any atom is -0.349 e. The van der Waals surface area contributed by atoms with Gasteiger partial charge in [-0.1, -0.05) is 34.6 Å². The molecule has 0 radical (unpaired) electrons. The first-order valence-corrected chi connectivity index (χ1v) is 20.5. The fraction of sp³-hybridized carbons (Fsp3) is 0.600. The Bertz CT molecular complexity index is 2230. The summed E-state index contributed by atoms with van der Waals surface area (Å²) in [5.74, 6) is -2.29. The number of nitrogens with two attached hydrogens (primary N) is 1. The van der Waals surface area contributed by atoms with Gasteiger partial charge in [0.05, 0.1) is 38.3 Å².